The van der Waals surface area contributed by atoms with Gasteiger partial charge in [-0.1, -0.05) is 38.7 Å². The topological polar surface area (TPSA) is 26.3 Å². The first-order chi connectivity index (χ1) is 8.69. The van der Waals surface area contributed by atoms with Crippen molar-refractivity contribution in [1.82, 2.24) is 0 Å². The van der Waals surface area contributed by atoms with E-state index >= 15 is 0 Å². The SMILES string of the molecule is C=CC[C@@H]1CC[C@@H](C(C)=O)[C@H](CCCCCC)O1. The molecule has 1 aliphatic rings. The highest BCUT2D eigenvalue weighted by Crippen LogP contribution is 2.30. The molecule has 0 saturated carbocycles. The Bertz CT molecular complexity index is 260. The number of hydrogen-bond donors (Lipinski definition) is 0. The molecular weight excluding hydrogens is 224 g/mol. The molecule has 0 amide bonds. The molecular formula is C16H28O2. The molecule has 0 aromatic heterocycles. The molecule has 0 bridgehead atoms. The minimum atomic E-state index is 0.132. The molecule has 3 atom stereocenters. The van der Waals surface area contributed by atoms with Crippen molar-refractivity contribution in [3.63, 3.8) is 0 Å². The number of unbranched alkanes of at least 4 members (excludes halogenated alkanes) is 3. The molecule has 2 nitrogen and oxygen atoms in total. The summed E-state index contributed by atoms with van der Waals surface area (Å²) in [5.74, 6) is 0.431. The molecule has 1 heterocycles. The molecule has 0 aliphatic carbocycles. The highest BCUT2D eigenvalue weighted by molar-refractivity contribution is 5.79. The Morgan fingerprint density at radius 2 is 2.11 bits per heavy atom. The molecule has 104 valence electrons. The molecule has 2 heteroatoms. The van der Waals surface area contributed by atoms with Gasteiger partial charge in [-0.3, -0.25) is 4.79 Å². The Morgan fingerprint density at radius 1 is 1.33 bits per heavy atom. The molecule has 18 heavy (non-hydrogen) atoms. The monoisotopic (exact) mass is 252 g/mol. The maximum atomic E-state index is 11.7. The number of hydrogen-bond acceptors (Lipinski definition) is 2. The van der Waals surface area contributed by atoms with Crippen LogP contribution in [0.3, 0.4) is 0 Å². The van der Waals surface area contributed by atoms with Crippen molar-refractivity contribution in [3.05, 3.63) is 12.7 Å². The van der Waals surface area contributed by atoms with E-state index in [2.05, 4.69) is 13.5 Å². The third kappa shape index (κ3) is 4.93. The van der Waals surface area contributed by atoms with Gasteiger partial charge in [0.05, 0.1) is 12.2 Å². The summed E-state index contributed by atoms with van der Waals surface area (Å²) in [5.41, 5.74) is 0. The number of carbonyl (C=O) groups excluding carboxylic acids is 1. The van der Waals surface area contributed by atoms with E-state index in [1.54, 1.807) is 6.92 Å². The van der Waals surface area contributed by atoms with Crippen LogP contribution in [0.25, 0.3) is 0 Å². The third-order valence-corrected chi connectivity index (χ3v) is 3.91. The van der Waals surface area contributed by atoms with Gasteiger partial charge in [0, 0.05) is 5.92 Å². The Labute approximate surface area is 112 Å². The molecule has 1 saturated heterocycles. The molecule has 0 spiro atoms. The molecule has 0 aromatic rings. The lowest BCUT2D eigenvalue weighted by molar-refractivity contribution is -0.136. The molecule has 1 fully saturated rings. The number of Topliss-reactive ketones (excluding diaryl/α,β-unsaturated/α-hetero) is 1. The zero-order chi connectivity index (χ0) is 13.4. The minimum absolute atomic E-state index is 0.132. The standard InChI is InChI=1S/C16H28O2/c1-4-6-7-8-10-16-15(13(3)17)12-11-14(18-16)9-5-2/h5,14-16H,2,4,6-12H2,1,3H3/t14-,15+,16+/m1/s1. The van der Waals surface area contributed by atoms with Crippen molar-refractivity contribution < 1.29 is 9.53 Å². The summed E-state index contributed by atoms with van der Waals surface area (Å²) in [7, 11) is 0. The van der Waals surface area contributed by atoms with E-state index in [1.165, 1.54) is 25.7 Å². The first-order valence-electron chi connectivity index (χ1n) is 7.45. The molecule has 0 N–H and O–H groups in total. The first kappa shape index (κ1) is 15.4. The highest BCUT2D eigenvalue weighted by atomic mass is 16.5. The van der Waals surface area contributed by atoms with Gasteiger partial charge in [0.1, 0.15) is 5.78 Å². The van der Waals surface area contributed by atoms with E-state index in [4.69, 9.17) is 4.74 Å². The Morgan fingerprint density at radius 3 is 2.72 bits per heavy atom. The van der Waals surface area contributed by atoms with Crippen molar-refractivity contribution in [2.24, 2.45) is 5.92 Å². The highest BCUT2D eigenvalue weighted by Gasteiger charge is 2.32. The second-order valence-electron chi connectivity index (χ2n) is 5.46. The fourth-order valence-electron chi connectivity index (χ4n) is 2.83. The van der Waals surface area contributed by atoms with Crippen molar-refractivity contribution in [1.29, 1.82) is 0 Å². The summed E-state index contributed by atoms with van der Waals surface area (Å²) in [6.07, 6.45) is 11.3. The van der Waals surface area contributed by atoms with Gasteiger partial charge in [0.15, 0.2) is 0 Å². The summed E-state index contributed by atoms with van der Waals surface area (Å²) in [5, 5.41) is 0. The van der Waals surface area contributed by atoms with Crippen LogP contribution in [0.15, 0.2) is 12.7 Å². The van der Waals surface area contributed by atoms with Crippen LogP contribution in [-0.2, 0) is 9.53 Å². The van der Waals surface area contributed by atoms with Gasteiger partial charge in [0.2, 0.25) is 0 Å². The number of rotatable bonds is 8. The van der Waals surface area contributed by atoms with Crippen LogP contribution in [0.2, 0.25) is 0 Å². The Kier molecular flexibility index (Phi) is 7.26. The minimum Gasteiger partial charge on any atom is -0.374 e. The Hall–Kier alpha value is -0.630. The summed E-state index contributed by atoms with van der Waals surface area (Å²) < 4.78 is 6.09. The van der Waals surface area contributed by atoms with Crippen LogP contribution in [0.4, 0.5) is 0 Å². The van der Waals surface area contributed by atoms with E-state index in [0.29, 0.717) is 5.78 Å². The zero-order valence-electron chi connectivity index (χ0n) is 12.0. The van der Waals surface area contributed by atoms with Gasteiger partial charge in [-0.15, -0.1) is 6.58 Å². The van der Waals surface area contributed by atoms with Crippen LogP contribution < -0.4 is 0 Å². The smallest absolute Gasteiger partial charge is 0.135 e. The number of carbonyl (C=O) groups is 1. The van der Waals surface area contributed by atoms with Crippen LogP contribution >= 0.6 is 0 Å². The van der Waals surface area contributed by atoms with E-state index in [-0.39, 0.29) is 18.1 Å². The lowest BCUT2D eigenvalue weighted by atomic mass is 9.85. The van der Waals surface area contributed by atoms with Gasteiger partial charge < -0.3 is 4.74 Å². The quantitative estimate of drug-likeness (QED) is 0.476. The fourth-order valence-corrected chi connectivity index (χ4v) is 2.83. The van der Waals surface area contributed by atoms with Gasteiger partial charge in [-0.2, -0.15) is 0 Å². The lowest BCUT2D eigenvalue weighted by Gasteiger charge is -2.35. The normalized spacial score (nSPS) is 28.0. The molecule has 0 aromatic carbocycles. The molecule has 1 rings (SSSR count). The predicted molar refractivity (Wildman–Crippen MR) is 75.6 cm³/mol. The van der Waals surface area contributed by atoms with E-state index in [1.807, 2.05) is 6.08 Å². The zero-order valence-corrected chi connectivity index (χ0v) is 12.0. The molecule has 0 unspecified atom stereocenters. The Balaban J connectivity index is 2.44. The third-order valence-electron chi connectivity index (χ3n) is 3.91. The second kappa shape index (κ2) is 8.47. The van der Waals surface area contributed by atoms with Crippen molar-refractivity contribution >= 4 is 5.78 Å². The van der Waals surface area contributed by atoms with Crippen molar-refractivity contribution in [2.75, 3.05) is 0 Å². The van der Waals surface area contributed by atoms with Crippen LogP contribution in [0.5, 0.6) is 0 Å². The average molecular weight is 252 g/mol. The summed E-state index contributed by atoms with van der Waals surface area (Å²) in [6, 6.07) is 0. The van der Waals surface area contributed by atoms with Gasteiger partial charge >= 0.3 is 0 Å². The van der Waals surface area contributed by atoms with E-state index in [0.717, 1.165) is 25.7 Å². The van der Waals surface area contributed by atoms with Crippen LogP contribution in [0, 0.1) is 5.92 Å². The lowest BCUT2D eigenvalue weighted by Crippen LogP contribution is -2.38. The van der Waals surface area contributed by atoms with Crippen LogP contribution in [-0.4, -0.2) is 18.0 Å². The molecule has 1 aliphatic heterocycles. The number of ether oxygens (including phenoxy) is 1. The van der Waals surface area contributed by atoms with E-state index < -0.39 is 0 Å². The second-order valence-corrected chi connectivity index (χ2v) is 5.46. The first-order valence-corrected chi connectivity index (χ1v) is 7.45. The number of ketones is 1. The maximum Gasteiger partial charge on any atom is 0.135 e. The maximum absolute atomic E-state index is 11.7. The van der Waals surface area contributed by atoms with E-state index in [9.17, 15) is 4.79 Å². The fraction of sp³-hybridized carbons (Fsp3) is 0.812. The van der Waals surface area contributed by atoms with Gasteiger partial charge in [0.25, 0.3) is 0 Å². The van der Waals surface area contributed by atoms with Crippen molar-refractivity contribution in [2.45, 2.75) is 77.4 Å². The van der Waals surface area contributed by atoms with Gasteiger partial charge in [-0.05, 0) is 32.6 Å². The summed E-state index contributed by atoms with van der Waals surface area (Å²) in [6.45, 7) is 7.70. The predicted octanol–water partition coefficient (Wildman–Crippen LogP) is 4.29. The summed E-state index contributed by atoms with van der Waals surface area (Å²) in [4.78, 5) is 11.7. The average Bonchev–Trinajstić information content (AvgIpc) is 2.35. The van der Waals surface area contributed by atoms with Crippen LogP contribution in [0.1, 0.15) is 65.2 Å². The van der Waals surface area contributed by atoms with Gasteiger partial charge in [-0.25, -0.2) is 0 Å². The summed E-state index contributed by atoms with van der Waals surface area (Å²) >= 11 is 0. The van der Waals surface area contributed by atoms with Crippen molar-refractivity contribution in [3.8, 4) is 0 Å². The largest absolute Gasteiger partial charge is 0.374 e. The molecule has 0 radical (unpaired) electrons.